The molecule has 0 N–H and O–H groups in total. The highest BCUT2D eigenvalue weighted by Crippen LogP contribution is 2.24. The van der Waals surface area contributed by atoms with Crippen LogP contribution in [-0.2, 0) is 19.7 Å². The molecule has 2 aromatic carbocycles. The third-order valence-electron chi connectivity index (χ3n) is 3.90. The lowest BCUT2D eigenvalue weighted by molar-refractivity contribution is -0.136. The Morgan fingerprint density at radius 3 is 2.29 bits per heavy atom. The number of benzene rings is 2. The first-order valence-electron chi connectivity index (χ1n) is 9.00. The van der Waals surface area contributed by atoms with Gasteiger partial charge in [0, 0.05) is 7.11 Å². The third kappa shape index (κ3) is 6.70. The van der Waals surface area contributed by atoms with Crippen molar-refractivity contribution in [2.45, 2.75) is 26.2 Å². The molecular formula is C22H26O6. The molecule has 0 radical (unpaired) electrons. The van der Waals surface area contributed by atoms with Crippen molar-refractivity contribution < 1.29 is 28.5 Å². The predicted octanol–water partition coefficient (Wildman–Crippen LogP) is 3.77. The second kappa shape index (κ2) is 9.90. The van der Waals surface area contributed by atoms with Crippen molar-refractivity contribution in [2.24, 2.45) is 0 Å². The smallest absolute Gasteiger partial charge is 0.349 e. The van der Waals surface area contributed by atoms with E-state index in [0.717, 1.165) is 0 Å². The highest BCUT2D eigenvalue weighted by molar-refractivity contribution is 5.90. The summed E-state index contributed by atoms with van der Waals surface area (Å²) in [5.41, 5.74) is 1.52. The minimum absolute atomic E-state index is 0.0488. The molecule has 0 unspecified atom stereocenters. The van der Waals surface area contributed by atoms with E-state index in [1.165, 1.54) is 18.7 Å². The molecule has 0 aliphatic heterocycles. The average Bonchev–Trinajstić information content (AvgIpc) is 2.66. The van der Waals surface area contributed by atoms with Crippen LogP contribution in [0.4, 0.5) is 0 Å². The van der Waals surface area contributed by atoms with Crippen LogP contribution in [0, 0.1) is 0 Å². The van der Waals surface area contributed by atoms with Crippen LogP contribution in [-0.4, -0.2) is 38.9 Å². The van der Waals surface area contributed by atoms with Crippen molar-refractivity contribution in [2.75, 3.05) is 26.9 Å². The van der Waals surface area contributed by atoms with Gasteiger partial charge in [-0.1, -0.05) is 39.0 Å². The molecule has 2 aromatic rings. The molecule has 0 spiro atoms. The Labute approximate surface area is 165 Å². The topological polar surface area (TPSA) is 71.1 Å². The number of esters is 2. The number of methoxy groups -OCH3 is 1. The molecule has 0 saturated heterocycles. The zero-order valence-electron chi connectivity index (χ0n) is 16.7. The maximum absolute atomic E-state index is 12.0. The van der Waals surface area contributed by atoms with Gasteiger partial charge in [0.25, 0.3) is 0 Å². The molecule has 6 nitrogen and oxygen atoms in total. The first-order chi connectivity index (χ1) is 13.3. The maximum Gasteiger partial charge on any atom is 0.349 e. The van der Waals surface area contributed by atoms with Crippen molar-refractivity contribution in [1.82, 2.24) is 0 Å². The predicted molar refractivity (Wildman–Crippen MR) is 105 cm³/mol. The molecule has 0 aliphatic carbocycles. The summed E-state index contributed by atoms with van der Waals surface area (Å²) in [7, 11) is 1.52. The Bertz CT molecular complexity index is 789. The van der Waals surface area contributed by atoms with Gasteiger partial charge in [-0.25, -0.2) is 9.59 Å². The number of carbonyl (C=O) groups excluding carboxylic acids is 2. The van der Waals surface area contributed by atoms with Crippen molar-refractivity contribution in [3.63, 3.8) is 0 Å². The molecule has 28 heavy (non-hydrogen) atoms. The van der Waals surface area contributed by atoms with Crippen LogP contribution in [0.1, 0.15) is 36.7 Å². The van der Waals surface area contributed by atoms with Crippen molar-refractivity contribution in [3.05, 3.63) is 59.7 Å². The largest absolute Gasteiger partial charge is 0.482 e. The second-order valence-electron chi connectivity index (χ2n) is 7.19. The monoisotopic (exact) mass is 386 g/mol. The Morgan fingerprint density at radius 2 is 1.64 bits per heavy atom. The summed E-state index contributed by atoms with van der Waals surface area (Å²) >= 11 is 0. The molecule has 0 atom stereocenters. The molecule has 0 aromatic heterocycles. The van der Waals surface area contributed by atoms with Crippen LogP contribution in [0.3, 0.4) is 0 Å². The van der Waals surface area contributed by atoms with E-state index in [2.05, 4.69) is 20.8 Å². The maximum atomic E-state index is 12.0. The second-order valence-corrected chi connectivity index (χ2v) is 7.19. The molecule has 0 fully saturated rings. The summed E-state index contributed by atoms with van der Waals surface area (Å²) in [6.45, 7) is 6.61. The lowest BCUT2D eigenvalue weighted by atomic mass is 9.87. The van der Waals surface area contributed by atoms with Gasteiger partial charge < -0.3 is 18.9 Å². The van der Waals surface area contributed by atoms with Crippen LogP contribution in [0.5, 0.6) is 11.5 Å². The van der Waals surface area contributed by atoms with Crippen LogP contribution in [0.25, 0.3) is 0 Å². The molecule has 0 amide bonds. The lowest BCUT2D eigenvalue weighted by Crippen LogP contribution is -2.18. The van der Waals surface area contributed by atoms with Crippen LogP contribution >= 0.6 is 0 Å². The lowest BCUT2D eigenvalue weighted by Gasteiger charge is -2.19. The highest BCUT2D eigenvalue weighted by Gasteiger charge is 2.14. The summed E-state index contributed by atoms with van der Waals surface area (Å²) in [6.07, 6.45) is 0. The zero-order valence-corrected chi connectivity index (χ0v) is 16.7. The number of hydrogen-bond acceptors (Lipinski definition) is 6. The molecule has 6 heteroatoms. The van der Waals surface area contributed by atoms with E-state index in [1.54, 1.807) is 18.2 Å². The minimum Gasteiger partial charge on any atom is -0.482 e. The first kappa shape index (κ1) is 21.4. The molecule has 0 aliphatic rings. The number of rotatable bonds is 8. The summed E-state index contributed by atoms with van der Waals surface area (Å²) in [5.74, 6) is -0.242. The van der Waals surface area contributed by atoms with E-state index >= 15 is 0 Å². The van der Waals surface area contributed by atoms with Gasteiger partial charge in [0.1, 0.15) is 18.1 Å². The van der Waals surface area contributed by atoms with Gasteiger partial charge in [-0.15, -0.1) is 0 Å². The Hall–Kier alpha value is -2.86. The summed E-state index contributed by atoms with van der Waals surface area (Å²) in [5, 5.41) is 0. The Kier molecular flexibility index (Phi) is 7.58. The van der Waals surface area contributed by atoms with Gasteiger partial charge in [-0.05, 0) is 41.3 Å². The van der Waals surface area contributed by atoms with Crippen LogP contribution < -0.4 is 9.47 Å². The summed E-state index contributed by atoms with van der Waals surface area (Å²) in [6, 6.07) is 13.8. The van der Waals surface area contributed by atoms with E-state index in [-0.39, 0.29) is 24.4 Å². The van der Waals surface area contributed by atoms with E-state index in [1.807, 2.05) is 24.3 Å². The average molecular weight is 386 g/mol. The highest BCUT2D eigenvalue weighted by atomic mass is 16.6. The zero-order chi connectivity index (χ0) is 20.6. The van der Waals surface area contributed by atoms with E-state index in [9.17, 15) is 9.59 Å². The summed E-state index contributed by atoms with van der Waals surface area (Å²) in [4.78, 5) is 23.9. The van der Waals surface area contributed by atoms with Gasteiger partial charge in [0.15, 0.2) is 6.61 Å². The molecule has 0 bridgehead atoms. The van der Waals surface area contributed by atoms with Crippen molar-refractivity contribution in [1.29, 1.82) is 0 Å². The molecule has 150 valence electrons. The van der Waals surface area contributed by atoms with Crippen LogP contribution in [0.15, 0.2) is 48.5 Å². The van der Waals surface area contributed by atoms with Gasteiger partial charge in [0.2, 0.25) is 0 Å². The molecule has 0 saturated carbocycles. The van der Waals surface area contributed by atoms with Crippen LogP contribution in [0.2, 0.25) is 0 Å². The van der Waals surface area contributed by atoms with Crippen molar-refractivity contribution >= 4 is 11.9 Å². The normalized spacial score (nSPS) is 11.0. The Morgan fingerprint density at radius 1 is 0.929 bits per heavy atom. The van der Waals surface area contributed by atoms with E-state index < -0.39 is 11.9 Å². The SMILES string of the molecule is COCCOC(=O)c1cccc(OC(=O)COc2ccc(C(C)(C)C)cc2)c1. The minimum atomic E-state index is -0.565. The summed E-state index contributed by atoms with van der Waals surface area (Å²) < 4.78 is 20.6. The number of carbonyl (C=O) groups is 2. The van der Waals surface area contributed by atoms with Crippen molar-refractivity contribution in [3.8, 4) is 11.5 Å². The van der Waals surface area contributed by atoms with Gasteiger partial charge >= 0.3 is 11.9 Å². The fourth-order valence-corrected chi connectivity index (χ4v) is 2.34. The van der Waals surface area contributed by atoms with E-state index in [0.29, 0.717) is 17.9 Å². The third-order valence-corrected chi connectivity index (χ3v) is 3.90. The number of hydrogen-bond donors (Lipinski definition) is 0. The molecular weight excluding hydrogens is 360 g/mol. The van der Waals surface area contributed by atoms with Gasteiger partial charge in [-0.2, -0.15) is 0 Å². The van der Waals surface area contributed by atoms with Gasteiger partial charge in [0.05, 0.1) is 12.2 Å². The standard InChI is InChI=1S/C22H26O6/c1-22(2,3)17-8-10-18(11-9-17)27-15-20(23)28-19-7-5-6-16(14-19)21(24)26-13-12-25-4/h5-11,14H,12-13,15H2,1-4H3. The first-order valence-corrected chi connectivity index (χ1v) is 9.00. The van der Waals surface area contributed by atoms with Gasteiger partial charge in [-0.3, -0.25) is 0 Å². The number of ether oxygens (including phenoxy) is 4. The quantitative estimate of drug-likeness (QED) is 0.391. The Balaban J connectivity index is 1.87. The fourth-order valence-electron chi connectivity index (χ4n) is 2.34. The van der Waals surface area contributed by atoms with E-state index in [4.69, 9.17) is 18.9 Å². The molecule has 0 heterocycles. The fraction of sp³-hybridized carbons (Fsp3) is 0.364. The molecule has 2 rings (SSSR count).